The maximum Gasteiger partial charge on any atom is 0.231 e. The van der Waals surface area contributed by atoms with E-state index in [1.807, 2.05) is 19.1 Å². The number of fused-ring (bicyclic) bond motifs is 2. The van der Waals surface area contributed by atoms with Gasteiger partial charge in [0.05, 0.1) is 11.1 Å². The number of thiocarbonyl (C=S) groups is 1. The molecule has 0 unspecified atom stereocenters. The van der Waals surface area contributed by atoms with Crippen LogP contribution < -0.4 is 25.4 Å². The van der Waals surface area contributed by atoms with Gasteiger partial charge in [-0.3, -0.25) is 0 Å². The first kappa shape index (κ1) is 16.1. The third-order valence-electron chi connectivity index (χ3n) is 3.47. The molecular weight excluding hydrogens is 326 g/mol. The summed E-state index contributed by atoms with van der Waals surface area (Å²) in [6.45, 7) is 4.18. The Labute approximate surface area is 145 Å². The van der Waals surface area contributed by atoms with Gasteiger partial charge < -0.3 is 25.4 Å². The number of anilines is 1. The van der Waals surface area contributed by atoms with Crippen molar-refractivity contribution in [1.29, 1.82) is 5.26 Å². The van der Waals surface area contributed by atoms with Gasteiger partial charge in [0.1, 0.15) is 11.9 Å². The molecule has 0 fully saturated rings. The first-order chi connectivity index (χ1) is 11.7. The fourth-order valence-electron chi connectivity index (χ4n) is 2.36. The number of rotatable bonds is 5. The van der Waals surface area contributed by atoms with E-state index in [1.165, 1.54) is 0 Å². The second-order valence-electron chi connectivity index (χ2n) is 5.11. The molecule has 124 valence electrons. The van der Waals surface area contributed by atoms with Crippen LogP contribution in [0.5, 0.6) is 11.5 Å². The molecule has 3 N–H and O–H groups in total. The average molecular weight is 343 g/mol. The molecule has 0 spiro atoms. The first-order valence-corrected chi connectivity index (χ1v) is 8.02. The SMILES string of the molecule is CCNC(=S)NCCNc1nc2cc3c(cc2cc1C#N)OCO3. The van der Waals surface area contributed by atoms with E-state index in [0.717, 1.165) is 17.4 Å². The summed E-state index contributed by atoms with van der Waals surface area (Å²) in [6, 6.07) is 7.63. The molecule has 0 atom stereocenters. The smallest absolute Gasteiger partial charge is 0.231 e. The predicted molar refractivity (Wildman–Crippen MR) is 95.3 cm³/mol. The van der Waals surface area contributed by atoms with Gasteiger partial charge in [-0.2, -0.15) is 5.26 Å². The standard InChI is InChI=1S/C16H17N5O2S/c1-2-18-16(24)20-4-3-19-15-11(8-17)5-10-6-13-14(23-9-22-13)7-12(10)21-15/h5-7H,2-4,9H2,1H3,(H,19,21)(H2,18,20,24). The highest BCUT2D eigenvalue weighted by Gasteiger charge is 2.16. The lowest BCUT2D eigenvalue weighted by molar-refractivity contribution is 0.174. The number of ether oxygens (including phenoxy) is 2. The van der Waals surface area contributed by atoms with Crippen molar-refractivity contribution in [2.45, 2.75) is 6.92 Å². The maximum absolute atomic E-state index is 9.35. The van der Waals surface area contributed by atoms with Crippen LogP contribution in [0.3, 0.4) is 0 Å². The number of nitriles is 1. The Morgan fingerprint density at radius 3 is 2.79 bits per heavy atom. The van der Waals surface area contributed by atoms with Crippen LogP contribution in [0.4, 0.5) is 5.82 Å². The summed E-state index contributed by atoms with van der Waals surface area (Å²) in [5, 5.41) is 20.1. The highest BCUT2D eigenvalue weighted by atomic mass is 32.1. The molecule has 0 radical (unpaired) electrons. The van der Waals surface area contributed by atoms with E-state index < -0.39 is 0 Å². The van der Waals surface area contributed by atoms with Gasteiger partial charge in [-0.15, -0.1) is 0 Å². The quantitative estimate of drug-likeness (QED) is 0.558. The summed E-state index contributed by atoms with van der Waals surface area (Å²) >= 11 is 5.10. The van der Waals surface area contributed by atoms with E-state index >= 15 is 0 Å². The van der Waals surface area contributed by atoms with Crippen LogP contribution in [0.1, 0.15) is 12.5 Å². The average Bonchev–Trinajstić information content (AvgIpc) is 3.03. The van der Waals surface area contributed by atoms with Crippen LogP contribution in [0.15, 0.2) is 18.2 Å². The lowest BCUT2D eigenvalue weighted by Crippen LogP contribution is -2.37. The number of hydrogen-bond donors (Lipinski definition) is 3. The first-order valence-electron chi connectivity index (χ1n) is 7.61. The summed E-state index contributed by atoms with van der Waals surface area (Å²) in [6.07, 6.45) is 0. The largest absolute Gasteiger partial charge is 0.454 e. The molecule has 1 aliphatic rings. The summed E-state index contributed by atoms with van der Waals surface area (Å²) < 4.78 is 10.7. The van der Waals surface area contributed by atoms with Gasteiger partial charge in [0.2, 0.25) is 6.79 Å². The van der Waals surface area contributed by atoms with E-state index in [9.17, 15) is 5.26 Å². The number of nitrogens with one attached hydrogen (secondary N) is 3. The van der Waals surface area contributed by atoms with Crippen molar-refractivity contribution in [2.75, 3.05) is 31.7 Å². The van der Waals surface area contributed by atoms with Crippen LogP contribution in [0, 0.1) is 11.3 Å². The van der Waals surface area contributed by atoms with Crippen LogP contribution >= 0.6 is 12.2 Å². The molecule has 1 aromatic heterocycles. The molecule has 0 amide bonds. The number of nitrogens with zero attached hydrogens (tertiary/aromatic N) is 2. The monoisotopic (exact) mass is 343 g/mol. The number of hydrogen-bond acceptors (Lipinski definition) is 6. The molecule has 8 heteroatoms. The van der Waals surface area contributed by atoms with Crippen molar-refractivity contribution in [3.8, 4) is 17.6 Å². The van der Waals surface area contributed by atoms with Gasteiger partial charge in [-0.1, -0.05) is 0 Å². The molecule has 0 saturated heterocycles. The van der Waals surface area contributed by atoms with Gasteiger partial charge in [-0.25, -0.2) is 4.98 Å². The summed E-state index contributed by atoms with van der Waals surface area (Å²) in [4.78, 5) is 4.53. The van der Waals surface area contributed by atoms with Crippen LogP contribution in [0.2, 0.25) is 0 Å². The van der Waals surface area contributed by atoms with E-state index in [1.54, 1.807) is 6.07 Å². The van der Waals surface area contributed by atoms with Crippen molar-refractivity contribution >= 4 is 34.1 Å². The fraction of sp³-hybridized carbons (Fsp3) is 0.312. The van der Waals surface area contributed by atoms with Crippen molar-refractivity contribution < 1.29 is 9.47 Å². The summed E-state index contributed by atoms with van der Waals surface area (Å²) in [7, 11) is 0. The highest BCUT2D eigenvalue weighted by molar-refractivity contribution is 7.80. The second-order valence-corrected chi connectivity index (χ2v) is 5.52. The third kappa shape index (κ3) is 3.41. The number of pyridine rings is 1. The molecule has 1 aliphatic heterocycles. The van der Waals surface area contributed by atoms with E-state index in [-0.39, 0.29) is 6.79 Å². The topological polar surface area (TPSA) is 91.2 Å². The molecular formula is C16H17N5O2S. The zero-order valence-corrected chi connectivity index (χ0v) is 14.0. The molecule has 0 saturated carbocycles. The zero-order chi connectivity index (χ0) is 16.9. The molecule has 24 heavy (non-hydrogen) atoms. The molecule has 1 aromatic carbocycles. The van der Waals surface area contributed by atoms with Crippen molar-refractivity contribution in [3.05, 3.63) is 23.8 Å². The second kappa shape index (κ2) is 7.19. The van der Waals surface area contributed by atoms with Gasteiger partial charge in [0, 0.05) is 31.1 Å². The minimum absolute atomic E-state index is 0.208. The normalized spacial score (nSPS) is 11.8. The predicted octanol–water partition coefficient (Wildman–Crippen LogP) is 1.73. The van der Waals surface area contributed by atoms with Crippen LogP contribution in [-0.4, -0.2) is 36.5 Å². The maximum atomic E-state index is 9.35. The lowest BCUT2D eigenvalue weighted by Gasteiger charge is -2.11. The molecule has 2 aromatic rings. The Morgan fingerprint density at radius 2 is 2.04 bits per heavy atom. The van der Waals surface area contributed by atoms with Crippen molar-refractivity contribution in [2.24, 2.45) is 0 Å². The van der Waals surface area contributed by atoms with Gasteiger partial charge in [-0.05, 0) is 31.3 Å². The molecule has 0 bridgehead atoms. The van der Waals surface area contributed by atoms with E-state index in [4.69, 9.17) is 21.7 Å². The number of aromatic nitrogens is 1. The Morgan fingerprint density at radius 1 is 1.25 bits per heavy atom. The summed E-state index contributed by atoms with van der Waals surface area (Å²) in [5.74, 6) is 1.89. The van der Waals surface area contributed by atoms with Gasteiger partial charge in [0.15, 0.2) is 16.6 Å². The zero-order valence-electron chi connectivity index (χ0n) is 13.2. The van der Waals surface area contributed by atoms with Crippen LogP contribution in [0.25, 0.3) is 10.9 Å². The Bertz CT molecular complexity index is 818. The van der Waals surface area contributed by atoms with Crippen LogP contribution in [-0.2, 0) is 0 Å². The molecule has 3 rings (SSSR count). The highest BCUT2D eigenvalue weighted by Crippen LogP contribution is 2.36. The third-order valence-corrected chi connectivity index (χ3v) is 3.76. The van der Waals surface area contributed by atoms with Gasteiger partial charge >= 0.3 is 0 Å². The van der Waals surface area contributed by atoms with Gasteiger partial charge in [0.25, 0.3) is 0 Å². The van der Waals surface area contributed by atoms with Crippen molar-refractivity contribution in [1.82, 2.24) is 15.6 Å². The minimum Gasteiger partial charge on any atom is -0.454 e. The van der Waals surface area contributed by atoms with E-state index in [0.29, 0.717) is 41.1 Å². The molecule has 0 aliphatic carbocycles. The Kier molecular flexibility index (Phi) is 4.82. The fourth-order valence-corrected chi connectivity index (χ4v) is 2.61. The minimum atomic E-state index is 0.208. The molecule has 2 heterocycles. The Balaban J connectivity index is 1.74. The lowest BCUT2D eigenvalue weighted by atomic mass is 10.1. The van der Waals surface area contributed by atoms with E-state index in [2.05, 4.69) is 27.0 Å². The number of benzene rings is 1. The molecule has 7 nitrogen and oxygen atoms in total. The van der Waals surface area contributed by atoms with Crippen molar-refractivity contribution in [3.63, 3.8) is 0 Å². The summed E-state index contributed by atoms with van der Waals surface area (Å²) in [5.41, 5.74) is 1.23. The Hall–Kier alpha value is -2.79.